The van der Waals surface area contributed by atoms with E-state index < -0.39 is 4.92 Å². The number of non-ortho nitro benzene ring substituents is 1. The van der Waals surface area contributed by atoms with Crippen LogP contribution in [0, 0.1) is 10.1 Å². The first-order valence-electron chi connectivity index (χ1n) is 6.15. The van der Waals surface area contributed by atoms with Gasteiger partial charge in [0.1, 0.15) is 5.52 Å². The number of nitro benzene ring substituents is 1. The van der Waals surface area contributed by atoms with E-state index in [9.17, 15) is 10.1 Å². The Kier molecular flexibility index (Phi) is 3.57. The third-order valence-corrected chi connectivity index (χ3v) is 3.41. The second-order valence-corrected chi connectivity index (χ2v) is 5.33. The van der Waals surface area contributed by atoms with Gasteiger partial charge in [0.2, 0.25) is 0 Å². The summed E-state index contributed by atoms with van der Waals surface area (Å²) in [6.45, 7) is 0.550. The molecule has 0 saturated heterocycles. The average Bonchev–Trinajstić information content (AvgIpc) is 2.87. The van der Waals surface area contributed by atoms with Gasteiger partial charge >= 0.3 is 0 Å². The van der Waals surface area contributed by atoms with Crippen molar-refractivity contribution in [2.75, 3.05) is 5.32 Å². The molecule has 0 saturated carbocycles. The highest BCUT2D eigenvalue weighted by Gasteiger charge is 2.11. The molecule has 6 nitrogen and oxygen atoms in total. The Balaban J connectivity index is 1.80. The molecule has 0 atom stereocenters. The fourth-order valence-electron chi connectivity index (χ4n) is 1.93. The van der Waals surface area contributed by atoms with Gasteiger partial charge in [-0.05, 0) is 23.8 Å². The van der Waals surface area contributed by atoms with E-state index in [0.717, 1.165) is 10.0 Å². The van der Waals surface area contributed by atoms with E-state index in [1.807, 2.05) is 24.3 Å². The van der Waals surface area contributed by atoms with Gasteiger partial charge in [-0.2, -0.15) is 4.98 Å². The normalized spacial score (nSPS) is 10.7. The molecule has 1 heterocycles. The van der Waals surface area contributed by atoms with Crippen LogP contribution in [0.4, 0.5) is 11.7 Å². The van der Waals surface area contributed by atoms with E-state index in [1.54, 1.807) is 6.07 Å². The molecule has 106 valence electrons. The van der Waals surface area contributed by atoms with E-state index >= 15 is 0 Å². The van der Waals surface area contributed by atoms with Crippen molar-refractivity contribution in [3.63, 3.8) is 0 Å². The van der Waals surface area contributed by atoms with Crippen LogP contribution in [0.5, 0.6) is 0 Å². The number of halogens is 1. The molecule has 0 unspecified atom stereocenters. The maximum absolute atomic E-state index is 10.7. The van der Waals surface area contributed by atoms with Crippen LogP contribution < -0.4 is 5.32 Å². The summed E-state index contributed by atoms with van der Waals surface area (Å²) >= 11 is 3.41. The highest BCUT2D eigenvalue weighted by molar-refractivity contribution is 9.10. The van der Waals surface area contributed by atoms with Gasteiger partial charge in [0.25, 0.3) is 11.7 Å². The lowest BCUT2D eigenvalue weighted by Crippen LogP contribution is -1.99. The number of nitrogens with one attached hydrogen (secondary N) is 1. The number of anilines is 1. The quantitative estimate of drug-likeness (QED) is 0.567. The fourth-order valence-corrected chi connectivity index (χ4v) is 2.37. The number of nitro groups is 1. The molecule has 0 aliphatic rings. The molecule has 0 fully saturated rings. The number of hydrogen-bond acceptors (Lipinski definition) is 5. The first-order chi connectivity index (χ1) is 10.1. The summed E-state index contributed by atoms with van der Waals surface area (Å²) in [7, 11) is 0. The molecule has 3 aromatic rings. The zero-order valence-corrected chi connectivity index (χ0v) is 12.3. The number of hydrogen-bond donors (Lipinski definition) is 1. The second kappa shape index (κ2) is 5.53. The third-order valence-electron chi connectivity index (χ3n) is 2.92. The topological polar surface area (TPSA) is 81.2 Å². The molecule has 3 rings (SSSR count). The predicted molar refractivity (Wildman–Crippen MR) is 82.1 cm³/mol. The zero-order chi connectivity index (χ0) is 14.8. The van der Waals surface area contributed by atoms with Crippen molar-refractivity contribution in [2.45, 2.75) is 6.54 Å². The monoisotopic (exact) mass is 347 g/mol. The Bertz CT molecular complexity index is 816. The van der Waals surface area contributed by atoms with Crippen LogP contribution in [0.15, 0.2) is 51.4 Å². The highest BCUT2D eigenvalue weighted by Crippen LogP contribution is 2.24. The molecule has 0 aliphatic heterocycles. The van der Waals surface area contributed by atoms with Gasteiger partial charge in [0.05, 0.1) is 11.0 Å². The van der Waals surface area contributed by atoms with Gasteiger partial charge in [-0.3, -0.25) is 10.1 Å². The summed E-state index contributed by atoms with van der Waals surface area (Å²) in [6, 6.07) is 12.5. The SMILES string of the molecule is O=[N+]([O-])c1ccc2nc(NCc3cccc(Br)c3)oc2c1. The van der Waals surface area contributed by atoms with Gasteiger partial charge < -0.3 is 9.73 Å². The Hall–Kier alpha value is -2.41. The van der Waals surface area contributed by atoms with E-state index in [4.69, 9.17) is 4.42 Å². The summed E-state index contributed by atoms with van der Waals surface area (Å²) in [6.07, 6.45) is 0. The Morgan fingerprint density at radius 2 is 2.14 bits per heavy atom. The van der Waals surface area contributed by atoms with E-state index in [1.165, 1.54) is 12.1 Å². The molecule has 2 aromatic carbocycles. The standard InChI is InChI=1S/C14H10BrN3O3/c15-10-3-1-2-9(6-10)8-16-14-17-12-5-4-11(18(19)20)7-13(12)21-14/h1-7H,8H2,(H,16,17). The van der Waals surface area contributed by atoms with Crippen LogP contribution in [0.25, 0.3) is 11.1 Å². The van der Waals surface area contributed by atoms with E-state index in [-0.39, 0.29) is 5.69 Å². The molecule has 0 amide bonds. The maximum atomic E-state index is 10.7. The van der Waals surface area contributed by atoms with Crippen LogP contribution in [-0.4, -0.2) is 9.91 Å². The smallest absolute Gasteiger partial charge is 0.295 e. The third kappa shape index (κ3) is 3.03. The lowest BCUT2D eigenvalue weighted by atomic mass is 10.2. The first kappa shape index (κ1) is 13.6. The second-order valence-electron chi connectivity index (χ2n) is 4.41. The molecule has 1 aromatic heterocycles. The summed E-state index contributed by atoms with van der Waals surface area (Å²) in [5.41, 5.74) is 2.02. The van der Waals surface area contributed by atoms with Gasteiger partial charge in [-0.1, -0.05) is 28.1 Å². The molecule has 0 radical (unpaired) electrons. The first-order valence-corrected chi connectivity index (χ1v) is 6.94. The van der Waals surface area contributed by atoms with Crippen molar-refractivity contribution >= 4 is 38.7 Å². The van der Waals surface area contributed by atoms with Crippen LogP contribution in [-0.2, 0) is 6.54 Å². The Labute approximate surface area is 128 Å². The summed E-state index contributed by atoms with van der Waals surface area (Å²) in [4.78, 5) is 14.5. The molecule has 7 heteroatoms. The van der Waals surface area contributed by atoms with Crippen molar-refractivity contribution in [1.29, 1.82) is 0 Å². The largest absolute Gasteiger partial charge is 0.423 e. The molecule has 0 spiro atoms. The molecule has 0 aliphatic carbocycles. The van der Waals surface area contributed by atoms with E-state index in [0.29, 0.717) is 23.7 Å². The van der Waals surface area contributed by atoms with Gasteiger partial charge in [-0.15, -0.1) is 0 Å². The Morgan fingerprint density at radius 3 is 2.90 bits per heavy atom. The van der Waals surface area contributed by atoms with Crippen molar-refractivity contribution in [2.24, 2.45) is 0 Å². The predicted octanol–water partition coefficient (Wildman–Crippen LogP) is 4.11. The molecule has 1 N–H and O–H groups in total. The highest BCUT2D eigenvalue weighted by atomic mass is 79.9. The van der Waals surface area contributed by atoms with Crippen molar-refractivity contribution in [3.8, 4) is 0 Å². The summed E-state index contributed by atoms with van der Waals surface area (Å²) in [5.74, 6) is 0. The number of nitrogens with zero attached hydrogens (tertiary/aromatic N) is 2. The molecular weight excluding hydrogens is 338 g/mol. The minimum Gasteiger partial charge on any atom is -0.423 e. The van der Waals surface area contributed by atoms with Gasteiger partial charge in [0, 0.05) is 17.1 Å². The summed E-state index contributed by atoms with van der Waals surface area (Å²) in [5, 5.41) is 13.8. The average molecular weight is 348 g/mol. The lowest BCUT2D eigenvalue weighted by Gasteiger charge is -2.02. The molecule has 0 bridgehead atoms. The van der Waals surface area contributed by atoms with Crippen molar-refractivity contribution in [3.05, 3.63) is 62.6 Å². The number of rotatable bonds is 4. The van der Waals surface area contributed by atoms with Crippen LogP contribution in [0.1, 0.15) is 5.56 Å². The summed E-state index contributed by atoms with van der Waals surface area (Å²) < 4.78 is 6.47. The van der Waals surface area contributed by atoms with Gasteiger partial charge in [-0.25, -0.2) is 0 Å². The number of benzene rings is 2. The van der Waals surface area contributed by atoms with Crippen LogP contribution in [0.2, 0.25) is 0 Å². The number of oxazole rings is 1. The lowest BCUT2D eigenvalue weighted by molar-refractivity contribution is -0.384. The number of fused-ring (bicyclic) bond motifs is 1. The van der Waals surface area contributed by atoms with E-state index in [2.05, 4.69) is 26.2 Å². The zero-order valence-electron chi connectivity index (χ0n) is 10.7. The molecule has 21 heavy (non-hydrogen) atoms. The van der Waals surface area contributed by atoms with Crippen LogP contribution >= 0.6 is 15.9 Å². The van der Waals surface area contributed by atoms with Crippen molar-refractivity contribution in [1.82, 2.24) is 4.98 Å². The minimum atomic E-state index is -0.462. The number of aromatic nitrogens is 1. The minimum absolute atomic E-state index is 0.0165. The van der Waals surface area contributed by atoms with Crippen LogP contribution in [0.3, 0.4) is 0 Å². The fraction of sp³-hybridized carbons (Fsp3) is 0.0714. The maximum Gasteiger partial charge on any atom is 0.295 e. The molecular formula is C14H10BrN3O3. The van der Waals surface area contributed by atoms with Gasteiger partial charge in [0.15, 0.2) is 5.58 Å². The van der Waals surface area contributed by atoms with Crippen molar-refractivity contribution < 1.29 is 9.34 Å². The Morgan fingerprint density at radius 1 is 1.29 bits per heavy atom.